The molecule has 0 aliphatic heterocycles. The summed E-state index contributed by atoms with van der Waals surface area (Å²) in [7, 11) is 0. The summed E-state index contributed by atoms with van der Waals surface area (Å²) in [6.07, 6.45) is 3.64. The van der Waals surface area contributed by atoms with Gasteiger partial charge in [-0.3, -0.25) is 0 Å². The van der Waals surface area contributed by atoms with Crippen LogP contribution in [-0.4, -0.2) is 9.67 Å². The number of hydrogen-bond acceptors (Lipinski definition) is 2. The number of thiophene rings is 1. The van der Waals surface area contributed by atoms with Crippen LogP contribution in [0.25, 0.3) is 10.1 Å². The van der Waals surface area contributed by atoms with Gasteiger partial charge in [0, 0.05) is 23.6 Å². The normalized spacial score (nSPS) is 13.0. The van der Waals surface area contributed by atoms with E-state index in [4.69, 9.17) is 0 Å². The van der Waals surface area contributed by atoms with E-state index >= 15 is 0 Å². The molecule has 1 aromatic carbocycles. The van der Waals surface area contributed by atoms with Gasteiger partial charge in [0.05, 0.1) is 6.10 Å². The molecule has 0 saturated carbocycles. The largest absolute Gasteiger partial charge is 0.389 e. The molecule has 0 bridgehead atoms. The summed E-state index contributed by atoms with van der Waals surface area (Å²) < 4.78 is 3.45. The molecule has 2 aromatic heterocycles. The van der Waals surface area contributed by atoms with Crippen LogP contribution in [0.1, 0.15) is 24.2 Å². The average molecular weight is 257 g/mol. The number of nitrogens with zero attached hydrogens (tertiary/aromatic N) is 1. The summed E-state index contributed by atoms with van der Waals surface area (Å²) >= 11 is 1.78. The summed E-state index contributed by atoms with van der Waals surface area (Å²) in [6, 6.07) is 10.4. The van der Waals surface area contributed by atoms with E-state index in [0.717, 1.165) is 12.1 Å². The standard InChI is InChI=1S/C15H15NOS/c1-11(17)12-6-7-16(8-12)9-13-10-18-15-5-3-2-4-14(13)15/h2-8,10-11,17H,9H2,1H3. The minimum atomic E-state index is -0.398. The molecule has 1 unspecified atom stereocenters. The van der Waals surface area contributed by atoms with Gasteiger partial charge in [-0.1, -0.05) is 18.2 Å². The Morgan fingerprint density at radius 2 is 2.11 bits per heavy atom. The second-order valence-corrected chi connectivity index (χ2v) is 5.46. The molecule has 0 aliphatic carbocycles. The molecule has 3 aromatic rings. The van der Waals surface area contributed by atoms with Crippen molar-refractivity contribution in [3.05, 3.63) is 59.2 Å². The van der Waals surface area contributed by atoms with Crippen molar-refractivity contribution in [3.63, 3.8) is 0 Å². The topological polar surface area (TPSA) is 25.2 Å². The van der Waals surface area contributed by atoms with Crippen LogP contribution in [0.5, 0.6) is 0 Å². The summed E-state index contributed by atoms with van der Waals surface area (Å²) in [5, 5.41) is 13.1. The molecule has 0 amide bonds. The SMILES string of the molecule is CC(O)c1ccn(Cc2csc3ccccc23)c1. The molecule has 18 heavy (non-hydrogen) atoms. The van der Waals surface area contributed by atoms with Crippen LogP contribution < -0.4 is 0 Å². The molecule has 92 valence electrons. The Morgan fingerprint density at radius 3 is 2.89 bits per heavy atom. The zero-order valence-corrected chi connectivity index (χ0v) is 11.0. The molecule has 1 N–H and O–H groups in total. The Hall–Kier alpha value is -1.58. The molecular weight excluding hydrogens is 242 g/mol. The number of benzene rings is 1. The highest BCUT2D eigenvalue weighted by Crippen LogP contribution is 2.26. The Balaban J connectivity index is 1.91. The fourth-order valence-electron chi connectivity index (χ4n) is 2.16. The number of hydrogen-bond donors (Lipinski definition) is 1. The monoisotopic (exact) mass is 257 g/mol. The van der Waals surface area contributed by atoms with Crippen LogP contribution in [-0.2, 0) is 6.54 Å². The van der Waals surface area contributed by atoms with Gasteiger partial charge < -0.3 is 9.67 Å². The van der Waals surface area contributed by atoms with Gasteiger partial charge in [-0.05, 0) is 40.9 Å². The maximum Gasteiger partial charge on any atom is 0.0776 e. The highest BCUT2D eigenvalue weighted by molar-refractivity contribution is 7.17. The number of aliphatic hydroxyl groups excluding tert-OH is 1. The third-order valence-corrected chi connectivity index (χ3v) is 4.18. The number of aliphatic hydroxyl groups is 1. The van der Waals surface area contributed by atoms with E-state index in [0.29, 0.717) is 0 Å². The Labute approximate surface area is 110 Å². The highest BCUT2D eigenvalue weighted by Gasteiger charge is 2.06. The van der Waals surface area contributed by atoms with Gasteiger partial charge in [0.25, 0.3) is 0 Å². The summed E-state index contributed by atoms with van der Waals surface area (Å²) in [6.45, 7) is 2.65. The lowest BCUT2D eigenvalue weighted by atomic mass is 10.2. The Morgan fingerprint density at radius 1 is 1.28 bits per heavy atom. The molecule has 0 radical (unpaired) electrons. The van der Waals surface area contributed by atoms with E-state index in [1.165, 1.54) is 15.6 Å². The van der Waals surface area contributed by atoms with Crippen molar-refractivity contribution < 1.29 is 5.11 Å². The molecule has 3 rings (SSSR count). The quantitative estimate of drug-likeness (QED) is 0.758. The molecule has 0 spiro atoms. The zero-order valence-electron chi connectivity index (χ0n) is 10.2. The van der Waals surface area contributed by atoms with Crippen LogP contribution in [0.3, 0.4) is 0 Å². The fraction of sp³-hybridized carbons (Fsp3) is 0.200. The van der Waals surface area contributed by atoms with Crippen LogP contribution in [0.4, 0.5) is 0 Å². The minimum Gasteiger partial charge on any atom is -0.389 e. The Kier molecular flexibility index (Phi) is 2.94. The molecule has 0 aliphatic rings. The maximum atomic E-state index is 9.52. The van der Waals surface area contributed by atoms with Gasteiger partial charge in [-0.2, -0.15) is 0 Å². The van der Waals surface area contributed by atoms with E-state index in [1.54, 1.807) is 18.3 Å². The highest BCUT2D eigenvalue weighted by atomic mass is 32.1. The molecular formula is C15H15NOS. The lowest BCUT2D eigenvalue weighted by Crippen LogP contribution is -1.95. The van der Waals surface area contributed by atoms with Gasteiger partial charge in [0.1, 0.15) is 0 Å². The number of fused-ring (bicyclic) bond motifs is 1. The van der Waals surface area contributed by atoms with Crippen LogP contribution in [0, 0.1) is 0 Å². The van der Waals surface area contributed by atoms with Crippen molar-refractivity contribution in [1.29, 1.82) is 0 Å². The predicted molar refractivity (Wildman–Crippen MR) is 76.0 cm³/mol. The van der Waals surface area contributed by atoms with Gasteiger partial charge >= 0.3 is 0 Å². The van der Waals surface area contributed by atoms with Crippen LogP contribution >= 0.6 is 11.3 Å². The third kappa shape index (κ3) is 2.07. The zero-order chi connectivity index (χ0) is 12.5. The second-order valence-electron chi connectivity index (χ2n) is 4.55. The third-order valence-electron chi connectivity index (χ3n) is 3.17. The van der Waals surface area contributed by atoms with Gasteiger partial charge in [-0.25, -0.2) is 0 Å². The van der Waals surface area contributed by atoms with Crippen molar-refractivity contribution in [2.24, 2.45) is 0 Å². The van der Waals surface area contributed by atoms with Crippen LogP contribution in [0.15, 0.2) is 48.1 Å². The summed E-state index contributed by atoms with van der Waals surface area (Å²) in [5.41, 5.74) is 2.30. The summed E-state index contributed by atoms with van der Waals surface area (Å²) in [4.78, 5) is 0. The average Bonchev–Trinajstić information content (AvgIpc) is 2.98. The van der Waals surface area contributed by atoms with E-state index < -0.39 is 6.10 Å². The van der Waals surface area contributed by atoms with Crippen LogP contribution in [0.2, 0.25) is 0 Å². The maximum absolute atomic E-state index is 9.52. The first-order valence-electron chi connectivity index (χ1n) is 6.03. The minimum absolute atomic E-state index is 0.398. The van der Waals surface area contributed by atoms with Crippen molar-refractivity contribution in [2.75, 3.05) is 0 Å². The lowest BCUT2D eigenvalue weighted by molar-refractivity contribution is 0.199. The van der Waals surface area contributed by atoms with Crippen molar-refractivity contribution >= 4 is 21.4 Å². The smallest absolute Gasteiger partial charge is 0.0776 e. The fourth-order valence-corrected chi connectivity index (χ4v) is 3.11. The molecule has 2 nitrogen and oxygen atoms in total. The molecule has 0 saturated heterocycles. The van der Waals surface area contributed by atoms with E-state index in [1.807, 2.05) is 18.5 Å². The molecule has 0 fully saturated rings. The summed E-state index contributed by atoms with van der Waals surface area (Å²) in [5.74, 6) is 0. The first kappa shape index (κ1) is 11.5. The van der Waals surface area contributed by atoms with Gasteiger partial charge in [0.15, 0.2) is 0 Å². The second kappa shape index (κ2) is 4.59. The molecule has 1 atom stereocenters. The molecule has 3 heteroatoms. The van der Waals surface area contributed by atoms with E-state index in [9.17, 15) is 5.11 Å². The number of rotatable bonds is 3. The van der Waals surface area contributed by atoms with E-state index in [2.05, 4.69) is 34.2 Å². The lowest BCUT2D eigenvalue weighted by Gasteiger charge is -2.02. The van der Waals surface area contributed by atoms with E-state index in [-0.39, 0.29) is 0 Å². The van der Waals surface area contributed by atoms with Crippen molar-refractivity contribution in [3.8, 4) is 0 Å². The predicted octanol–water partition coefficient (Wildman–Crippen LogP) is 3.80. The van der Waals surface area contributed by atoms with Crippen molar-refractivity contribution in [2.45, 2.75) is 19.6 Å². The molecule has 2 heterocycles. The van der Waals surface area contributed by atoms with Gasteiger partial charge in [-0.15, -0.1) is 11.3 Å². The first-order chi connectivity index (χ1) is 8.74. The van der Waals surface area contributed by atoms with Gasteiger partial charge in [0.2, 0.25) is 0 Å². The number of aromatic nitrogens is 1. The Bertz CT molecular complexity index is 666. The van der Waals surface area contributed by atoms with Crippen molar-refractivity contribution in [1.82, 2.24) is 4.57 Å². The first-order valence-corrected chi connectivity index (χ1v) is 6.91.